The van der Waals surface area contributed by atoms with Crippen molar-refractivity contribution in [1.29, 1.82) is 0 Å². The summed E-state index contributed by atoms with van der Waals surface area (Å²) >= 11 is 0. The largest absolute Gasteiger partial charge is 0.494 e. The molecule has 0 unspecified atom stereocenters. The van der Waals surface area contributed by atoms with Gasteiger partial charge in [-0.1, -0.05) is 338 Å². The third-order valence-corrected chi connectivity index (χ3v) is 21.3. The van der Waals surface area contributed by atoms with Crippen molar-refractivity contribution in [3.63, 3.8) is 0 Å². The third kappa shape index (κ3) is 40.2. The van der Waals surface area contributed by atoms with Crippen LogP contribution in [0.5, 0.6) is 63.2 Å². The zero-order valence-corrected chi connectivity index (χ0v) is 70.9. The van der Waals surface area contributed by atoms with Crippen molar-refractivity contribution in [2.24, 2.45) is 0 Å². The number of hydrogen-bond acceptors (Lipinski definition) is 11. The van der Waals surface area contributed by atoms with Crippen LogP contribution in [0.4, 0.5) is 0 Å². The summed E-state index contributed by atoms with van der Waals surface area (Å²) in [6, 6.07) is 60.9. The van der Waals surface area contributed by atoms with Crippen molar-refractivity contribution < 1.29 is 52.1 Å². The first-order valence-electron chi connectivity index (χ1n) is 45.1. The molecular weight excluding hydrogens is 1410 g/mol. The third-order valence-electron chi connectivity index (χ3n) is 21.3. The lowest BCUT2D eigenvalue weighted by atomic mass is 10.1. The second-order valence-electron chi connectivity index (χ2n) is 31.4. The minimum absolute atomic E-state index is 0.249. The van der Waals surface area contributed by atoms with Gasteiger partial charge in [0.1, 0.15) is 86.5 Å². The molecule has 0 fully saturated rings. The van der Waals surface area contributed by atoms with Gasteiger partial charge in [-0.3, -0.25) is 0 Å². The van der Waals surface area contributed by atoms with Gasteiger partial charge in [-0.2, -0.15) is 0 Å². The summed E-state index contributed by atoms with van der Waals surface area (Å²) in [7, 11) is 0. The molecule has 0 aliphatic rings. The van der Waals surface area contributed by atoms with E-state index in [4.69, 9.17) is 52.1 Å². The Morgan fingerprint density at radius 2 is 0.368 bits per heavy atom. The number of para-hydroxylation sites is 1. The Bertz CT molecular complexity index is 3450. The highest BCUT2D eigenvalue weighted by molar-refractivity contribution is 5.46. The minimum atomic E-state index is 0.249. The van der Waals surface area contributed by atoms with Crippen molar-refractivity contribution in [1.82, 2.24) is 0 Å². The summed E-state index contributed by atoms with van der Waals surface area (Å²) in [5.41, 5.74) is 6.82. The minimum Gasteiger partial charge on any atom is -0.494 e. The predicted octanol–water partition coefficient (Wildman–Crippen LogP) is 29.9. The Kier molecular flexibility index (Phi) is 47.4. The van der Waals surface area contributed by atoms with Crippen molar-refractivity contribution in [2.75, 3.05) is 26.4 Å². The molecule has 0 aromatic heterocycles. The van der Waals surface area contributed by atoms with Gasteiger partial charge in [0.05, 0.1) is 26.4 Å². The monoisotopic (exact) mass is 1560 g/mol. The van der Waals surface area contributed by atoms with Gasteiger partial charge in [0.15, 0.2) is 23.0 Å². The molecule has 0 bridgehead atoms. The molecule has 11 heteroatoms. The van der Waals surface area contributed by atoms with Gasteiger partial charge in [-0.05, 0) is 162 Å². The summed E-state index contributed by atoms with van der Waals surface area (Å²) < 4.78 is 71.1. The molecule has 0 atom stereocenters. The average molecular weight is 1560 g/mol. The number of ether oxygens (including phenoxy) is 11. The van der Waals surface area contributed by atoms with Crippen LogP contribution in [0.3, 0.4) is 0 Å². The van der Waals surface area contributed by atoms with E-state index in [-0.39, 0.29) is 13.2 Å². The number of unbranched alkanes of at least 4 members (excludes halogenated alkanes) is 36. The fraction of sp³-hybridized carbons (Fsp3) is 0.534. The fourth-order valence-corrected chi connectivity index (χ4v) is 14.1. The number of rotatable bonds is 69. The van der Waals surface area contributed by atoms with E-state index in [1.54, 1.807) is 0 Å². The second-order valence-corrected chi connectivity index (χ2v) is 31.4. The van der Waals surface area contributed by atoms with E-state index in [0.29, 0.717) is 67.5 Å². The number of hydrogen-bond donors (Lipinski definition) is 0. The van der Waals surface area contributed by atoms with Crippen LogP contribution in [-0.4, -0.2) is 26.4 Å². The van der Waals surface area contributed by atoms with Gasteiger partial charge in [-0.25, -0.2) is 0 Å². The van der Waals surface area contributed by atoms with E-state index in [0.717, 1.165) is 120 Å². The second kappa shape index (κ2) is 59.3. The molecule has 8 rings (SSSR count). The fourth-order valence-electron chi connectivity index (χ4n) is 14.1. The normalized spacial score (nSPS) is 11.2. The summed E-state index contributed by atoms with van der Waals surface area (Å²) in [6.45, 7) is 14.2. The summed E-state index contributed by atoms with van der Waals surface area (Å²) in [5, 5.41) is 0. The molecule has 11 nitrogen and oxygen atoms in total. The van der Waals surface area contributed by atoms with E-state index < -0.39 is 0 Å². The Morgan fingerprint density at radius 1 is 0.149 bits per heavy atom. The molecule has 0 amide bonds. The van der Waals surface area contributed by atoms with E-state index in [9.17, 15) is 0 Å². The molecule has 114 heavy (non-hydrogen) atoms. The molecule has 0 aliphatic heterocycles. The molecule has 0 heterocycles. The van der Waals surface area contributed by atoms with Gasteiger partial charge >= 0.3 is 0 Å². The van der Waals surface area contributed by atoms with Gasteiger partial charge in [0.2, 0.25) is 0 Å². The summed E-state index contributed by atoms with van der Waals surface area (Å²) in [6.07, 6.45) is 51.9. The Balaban J connectivity index is 0.911. The highest BCUT2D eigenvalue weighted by atomic mass is 16.5. The molecule has 8 aromatic rings. The molecular formula is C103H144O11. The maximum Gasteiger partial charge on any atom is 0.162 e. The molecule has 0 N–H and O–H groups in total. The summed E-state index contributed by atoms with van der Waals surface area (Å²) in [4.78, 5) is 0. The van der Waals surface area contributed by atoms with Gasteiger partial charge in [-0.15, -0.1) is 0 Å². The van der Waals surface area contributed by atoms with Gasteiger partial charge < -0.3 is 52.1 Å². The van der Waals surface area contributed by atoms with Crippen molar-refractivity contribution in [3.05, 3.63) is 221 Å². The first kappa shape index (κ1) is 91.1. The molecule has 622 valence electrons. The van der Waals surface area contributed by atoms with Crippen LogP contribution in [0.15, 0.2) is 182 Å². The van der Waals surface area contributed by atoms with Crippen LogP contribution in [0, 0.1) is 0 Å². The van der Waals surface area contributed by atoms with Crippen LogP contribution in [0.25, 0.3) is 0 Å². The van der Waals surface area contributed by atoms with Crippen LogP contribution < -0.4 is 52.1 Å². The zero-order valence-electron chi connectivity index (χ0n) is 70.9. The van der Waals surface area contributed by atoms with Crippen molar-refractivity contribution >= 4 is 0 Å². The van der Waals surface area contributed by atoms with Crippen molar-refractivity contribution in [2.45, 2.75) is 331 Å². The smallest absolute Gasteiger partial charge is 0.162 e. The Morgan fingerprint density at radius 3 is 0.649 bits per heavy atom. The SMILES string of the molecule is CCCCCCCCCCCCOc1ccc(COc2ccc(COc3cc(COc4ccccc4)cc(OCc4ccc(OCc5ccc(OCCCCCCCCCCCC)cc5)c(OCc5ccc(OCCCCCCCCCCCC)cc5)c4)c3)cc2OCc2ccc(OCCCCCCCCCCCC)cc2)cc1. The lowest BCUT2D eigenvalue weighted by Gasteiger charge is -2.17. The van der Waals surface area contributed by atoms with Crippen molar-refractivity contribution in [3.8, 4) is 63.2 Å². The highest BCUT2D eigenvalue weighted by Gasteiger charge is 2.15. The first-order valence-corrected chi connectivity index (χ1v) is 45.1. The highest BCUT2D eigenvalue weighted by Crippen LogP contribution is 2.35. The Labute approximate surface area is 689 Å². The molecule has 0 saturated heterocycles. The Hall–Kier alpha value is -8.44. The number of benzene rings is 8. The predicted molar refractivity (Wildman–Crippen MR) is 471 cm³/mol. The van der Waals surface area contributed by atoms with Crippen LogP contribution in [0.2, 0.25) is 0 Å². The average Bonchev–Trinajstić information content (AvgIpc) is 0.843. The maximum atomic E-state index is 6.72. The molecule has 0 spiro atoms. The quantitative estimate of drug-likeness (QED) is 0.0341. The maximum absolute atomic E-state index is 6.72. The van der Waals surface area contributed by atoms with E-state index >= 15 is 0 Å². The van der Waals surface area contributed by atoms with Crippen LogP contribution in [0.1, 0.15) is 323 Å². The molecule has 0 radical (unpaired) electrons. The summed E-state index contributed by atoms with van der Waals surface area (Å²) in [5.74, 6) is 8.05. The standard InChI is InChI=1S/C103H144O11/c1-5-9-13-17-21-25-29-33-37-44-70-104-94-60-50-86(51-61-94)79-111-100-68-58-90(76-102(100)113-81-88-54-64-96(65-55-88)106-72-46-39-35-31-27-23-19-15-11-7-3)83-109-98-74-92(85-108-93-48-42-41-43-49-93)75-99(78-98)110-84-91-59-69-101(112-80-87-52-62-95(63-53-87)105-71-45-38-34-30-26-22-18-14-10-6-2)103(77-91)114-82-89-56-66-97(67-57-89)107-73-47-40-36-32-28-24-20-16-12-8-4/h41-43,48-69,74-78H,5-40,44-47,70-73,79-85H2,1-4H3. The zero-order chi connectivity index (χ0) is 79.4. The van der Waals surface area contributed by atoms with Gasteiger partial charge in [0.25, 0.3) is 0 Å². The topological polar surface area (TPSA) is 102 Å². The van der Waals surface area contributed by atoms with Crippen LogP contribution >= 0.6 is 0 Å². The van der Waals surface area contributed by atoms with Gasteiger partial charge in [0, 0.05) is 6.07 Å². The van der Waals surface area contributed by atoms with E-state index in [1.807, 2.05) is 133 Å². The lowest BCUT2D eigenvalue weighted by Crippen LogP contribution is -2.04. The van der Waals surface area contributed by atoms with E-state index in [1.165, 1.54) is 231 Å². The van der Waals surface area contributed by atoms with Crippen LogP contribution in [-0.2, 0) is 46.2 Å². The lowest BCUT2D eigenvalue weighted by molar-refractivity contribution is 0.252. The molecule has 0 aliphatic carbocycles. The first-order chi connectivity index (χ1) is 56.4. The van der Waals surface area contributed by atoms with E-state index in [2.05, 4.69) is 76.2 Å². The molecule has 0 saturated carbocycles. The molecule has 8 aromatic carbocycles.